The number of sulfone groups is 1. The number of benzene rings is 1. The second kappa shape index (κ2) is 6.17. The van der Waals surface area contributed by atoms with Crippen LogP contribution in [-0.2, 0) is 9.84 Å². The van der Waals surface area contributed by atoms with Crippen LogP contribution in [0.1, 0.15) is 9.67 Å². The Labute approximate surface area is 138 Å². The Bertz CT molecular complexity index is 823. The summed E-state index contributed by atoms with van der Waals surface area (Å²) in [5.41, 5.74) is 0.635. The van der Waals surface area contributed by atoms with E-state index in [1.807, 2.05) is 5.38 Å². The summed E-state index contributed by atoms with van der Waals surface area (Å²) in [6.07, 6.45) is 1.56. The van der Waals surface area contributed by atoms with Gasteiger partial charge in [-0.1, -0.05) is 6.07 Å². The van der Waals surface area contributed by atoms with Crippen molar-refractivity contribution < 1.29 is 17.9 Å². The maximum Gasteiger partial charge on any atom is 0.268 e. The van der Waals surface area contributed by atoms with Gasteiger partial charge in [-0.15, -0.1) is 11.3 Å². The Morgan fingerprint density at radius 2 is 2.00 bits per heavy atom. The molecule has 2 aromatic rings. The monoisotopic (exact) mass is 349 g/mol. The highest BCUT2D eigenvalue weighted by Crippen LogP contribution is 2.27. The van der Waals surface area contributed by atoms with Crippen molar-refractivity contribution in [1.29, 1.82) is 0 Å². The third-order valence-corrected chi connectivity index (χ3v) is 5.78. The first-order valence-electron chi connectivity index (χ1n) is 6.92. The molecule has 0 spiro atoms. The number of methoxy groups -OCH3 is 1. The molecule has 1 atom stereocenters. The van der Waals surface area contributed by atoms with Crippen LogP contribution in [0.3, 0.4) is 0 Å². The molecule has 120 valence electrons. The number of hydrogen-bond donors (Lipinski definition) is 0. The van der Waals surface area contributed by atoms with Gasteiger partial charge in [-0.2, -0.15) is 0 Å². The minimum absolute atomic E-state index is 0.101. The van der Waals surface area contributed by atoms with Crippen molar-refractivity contribution >= 4 is 32.8 Å². The third-order valence-electron chi connectivity index (χ3n) is 3.54. The minimum atomic E-state index is -3.26. The van der Waals surface area contributed by atoms with Crippen LogP contribution in [0.2, 0.25) is 0 Å². The topological polar surface area (TPSA) is 63.7 Å². The van der Waals surface area contributed by atoms with E-state index in [1.54, 1.807) is 49.6 Å². The predicted molar refractivity (Wildman–Crippen MR) is 90.8 cm³/mol. The van der Waals surface area contributed by atoms with Gasteiger partial charge in [-0.3, -0.25) is 9.69 Å². The van der Waals surface area contributed by atoms with Gasteiger partial charge in [0.15, 0.2) is 9.84 Å². The van der Waals surface area contributed by atoms with E-state index >= 15 is 0 Å². The number of ether oxygens (including phenoxy) is 1. The largest absolute Gasteiger partial charge is 0.497 e. The number of thiophene rings is 1. The summed E-state index contributed by atoms with van der Waals surface area (Å²) in [6.45, 7) is 0. The second-order valence-electron chi connectivity index (χ2n) is 5.08. The minimum Gasteiger partial charge on any atom is -0.497 e. The average molecular weight is 349 g/mol. The van der Waals surface area contributed by atoms with Gasteiger partial charge in [0.05, 0.1) is 23.8 Å². The fraction of sp³-hybridized carbons (Fsp3) is 0.188. The maximum absolute atomic E-state index is 12.8. The van der Waals surface area contributed by atoms with Crippen molar-refractivity contribution in [2.24, 2.45) is 0 Å². The molecule has 1 aromatic heterocycles. The van der Waals surface area contributed by atoms with Gasteiger partial charge in [-0.25, -0.2) is 8.42 Å². The van der Waals surface area contributed by atoms with E-state index in [2.05, 4.69) is 0 Å². The average Bonchev–Trinajstić information content (AvgIpc) is 3.18. The number of rotatable bonds is 4. The van der Waals surface area contributed by atoms with Gasteiger partial charge < -0.3 is 4.74 Å². The van der Waals surface area contributed by atoms with E-state index < -0.39 is 15.9 Å². The summed E-state index contributed by atoms with van der Waals surface area (Å²) in [5.74, 6) is 0.361. The molecule has 0 unspecified atom stereocenters. The highest BCUT2D eigenvalue weighted by molar-refractivity contribution is 7.94. The molecule has 2 heterocycles. The van der Waals surface area contributed by atoms with E-state index in [0.29, 0.717) is 16.3 Å². The van der Waals surface area contributed by atoms with Crippen molar-refractivity contribution in [2.45, 2.75) is 6.04 Å². The van der Waals surface area contributed by atoms with Crippen molar-refractivity contribution in [3.63, 3.8) is 0 Å². The van der Waals surface area contributed by atoms with E-state index in [0.717, 1.165) is 0 Å². The summed E-state index contributed by atoms with van der Waals surface area (Å²) >= 11 is 1.33. The Morgan fingerprint density at radius 3 is 2.52 bits per heavy atom. The lowest BCUT2D eigenvalue weighted by molar-refractivity contribution is 0.0987. The summed E-state index contributed by atoms with van der Waals surface area (Å²) in [5, 5.41) is 3.00. The molecule has 0 N–H and O–H groups in total. The van der Waals surface area contributed by atoms with Crippen LogP contribution in [0, 0.1) is 0 Å². The van der Waals surface area contributed by atoms with Crippen LogP contribution < -0.4 is 9.64 Å². The van der Waals surface area contributed by atoms with Gasteiger partial charge in [0.25, 0.3) is 5.91 Å². The van der Waals surface area contributed by atoms with Gasteiger partial charge in [0, 0.05) is 11.1 Å². The smallest absolute Gasteiger partial charge is 0.268 e. The normalized spacial score (nSPS) is 18.7. The number of anilines is 1. The Morgan fingerprint density at radius 1 is 1.26 bits per heavy atom. The van der Waals surface area contributed by atoms with Crippen LogP contribution in [0.4, 0.5) is 5.69 Å². The van der Waals surface area contributed by atoms with E-state index in [9.17, 15) is 13.2 Å². The third kappa shape index (κ3) is 3.30. The zero-order valence-corrected chi connectivity index (χ0v) is 14.0. The Hall–Kier alpha value is -2.12. The fourth-order valence-corrected chi connectivity index (χ4v) is 4.37. The molecule has 0 saturated carbocycles. The molecule has 0 aliphatic carbocycles. The molecule has 0 radical (unpaired) electrons. The van der Waals surface area contributed by atoms with Crippen LogP contribution in [0.15, 0.2) is 53.3 Å². The second-order valence-corrected chi connectivity index (χ2v) is 7.95. The molecule has 0 bridgehead atoms. The molecule has 0 saturated heterocycles. The molecular weight excluding hydrogens is 334 g/mol. The number of hydrogen-bond acceptors (Lipinski definition) is 5. The molecule has 3 rings (SSSR count). The maximum atomic E-state index is 12.8. The highest BCUT2D eigenvalue weighted by atomic mass is 32.2. The van der Waals surface area contributed by atoms with Crippen molar-refractivity contribution in [3.05, 3.63) is 58.1 Å². The quantitative estimate of drug-likeness (QED) is 0.851. The van der Waals surface area contributed by atoms with E-state index in [1.165, 1.54) is 21.6 Å². The van der Waals surface area contributed by atoms with Gasteiger partial charge in [-0.05, 0) is 41.8 Å². The molecular formula is C16H15NO4S2. The lowest BCUT2D eigenvalue weighted by Gasteiger charge is -2.27. The Balaban J connectivity index is 1.99. The van der Waals surface area contributed by atoms with E-state index in [-0.39, 0.29) is 11.7 Å². The number of nitrogens with zero attached hydrogens (tertiary/aromatic N) is 1. The summed E-state index contributed by atoms with van der Waals surface area (Å²) in [6, 6.07) is 10.0. The zero-order chi connectivity index (χ0) is 16.4. The summed E-state index contributed by atoms with van der Waals surface area (Å²) in [4.78, 5) is 14.9. The molecule has 1 aliphatic rings. The summed E-state index contributed by atoms with van der Waals surface area (Å²) < 4.78 is 28.6. The first kappa shape index (κ1) is 15.8. The zero-order valence-electron chi connectivity index (χ0n) is 12.4. The molecule has 0 fully saturated rings. The lowest BCUT2D eigenvalue weighted by atomic mass is 10.2. The van der Waals surface area contributed by atoms with E-state index in [4.69, 9.17) is 4.74 Å². The van der Waals surface area contributed by atoms with Crippen molar-refractivity contribution in [3.8, 4) is 5.75 Å². The highest BCUT2D eigenvalue weighted by Gasteiger charge is 2.32. The first-order chi connectivity index (χ1) is 11.0. The SMILES string of the molecule is COc1ccc(N(C(=O)c2cccs2)[C@@H]2C=CS(=O)(=O)C2)cc1. The van der Waals surface area contributed by atoms with Crippen LogP contribution >= 0.6 is 11.3 Å². The standard InChI is InChI=1S/C16H15NO4S2/c1-21-14-6-4-12(5-7-14)17(13-8-10-23(19,20)11-13)16(18)15-3-2-9-22-15/h2-10,13H,11H2,1H3/t13-/m1/s1. The van der Waals surface area contributed by atoms with Gasteiger partial charge >= 0.3 is 0 Å². The fourth-order valence-electron chi connectivity index (χ4n) is 2.44. The molecule has 23 heavy (non-hydrogen) atoms. The molecule has 1 aliphatic heterocycles. The number of amides is 1. The predicted octanol–water partition coefficient (Wildman–Crippen LogP) is 2.71. The van der Waals surface area contributed by atoms with Gasteiger partial charge in [0.2, 0.25) is 0 Å². The van der Waals surface area contributed by atoms with Crippen LogP contribution in [0.25, 0.3) is 0 Å². The number of carbonyl (C=O) groups is 1. The Kier molecular flexibility index (Phi) is 4.23. The summed E-state index contributed by atoms with van der Waals surface area (Å²) in [7, 11) is -1.69. The molecule has 1 aromatic carbocycles. The van der Waals surface area contributed by atoms with Crippen LogP contribution in [-0.4, -0.2) is 33.2 Å². The van der Waals surface area contributed by atoms with Crippen molar-refractivity contribution in [2.75, 3.05) is 17.8 Å². The van der Waals surface area contributed by atoms with Gasteiger partial charge in [0.1, 0.15) is 5.75 Å². The number of carbonyl (C=O) groups excluding carboxylic acids is 1. The molecule has 1 amide bonds. The molecule has 5 nitrogen and oxygen atoms in total. The molecule has 7 heteroatoms. The lowest BCUT2D eigenvalue weighted by Crippen LogP contribution is -2.40. The first-order valence-corrected chi connectivity index (χ1v) is 9.52. The van der Waals surface area contributed by atoms with Crippen molar-refractivity contribution in [1.82, 2.24) is 0 Å². The van der Waals surface area contributed by atoms with Crippen LogP contribution in [0.5, 0.6) is 5.75 Å².